The van der Waals surface area contributed by atoms with E-state index in [-0.39, 0.29) is 0 Å². The molecule has 0 aliphatic carbocycles. The number of hydrogen-bond acceptors (Lipinski definition) is 3. The summed E-state index contributed by atoms with van der Waals surface area (Å²) in [4.78, 5) is 0. The van der Waals surface area contributed by atoms with Gasteiger partial charge in [0.1, 0.15) is 12.1 Å². The van der Waals surface area contributed by atoms with Crippen LogP contribution in [0.15, 0.2) is 150 Å². The first kappa shape index (κ1) is 27.1. The maximum Gasteiger partial charge on any atom is 0.154 e. The molecule has 0 saturated heterocycles. The Morgan fingerprint density at radius 1 is 0.408 bits per heavy atom. The first-order valence-corrected chi connectivity index (χ1v) is 16.1. The van der Waals surface area contributed by atoms with E-state index in [9.17, 15) is 10.5 Å². The van der Waals surface area contributed by atoms with Gasteiger partial charge < -0.3 is 13.6 Å². The molecule has 0 saturated carbocycles. The normalized spacial score (nSPS) is 11.6. The van der Waals surface area contributed by atoms with Gasteiger partial charge in [-0.15, -0.1) is 0 Å². The Balaban J connectivity index is 1.21. The van der Waals surface area contributed by atoms with Crippen molar-refractivity contribution in [2.24, 2.45) is 0 Å². The van der Waals surface area contributed by atoms with E-state index in [4.69, 9.17) is 4.42 Å². The quantitative estimate of drug-likeness (QED) is 0.196. The molecule has 0 aliphatic rings. The average molecular weight is 625 g/mol. The third-order valence-corrected chi connectivity index (χ3v) is 9.77. The Hall–Kier alpha value is -7.08. The van der Waals surface area contributed by atoms with Crippen molar-refractivity contribution in [3.05, 3.63) is 157 Å². The molecule has 0 N–H and O–H groups in total. The van der Waals surface area contributed by atoms with Gasteiger partial charge in [0.25, 0.3) is 0 Å². The molecule has 3 aromatic heterocycles. The van der Waals surface area contributed by atoms with Gasteiger partial charge in [-0.1, -0.05) is 91.0 Å². The fraction of sp³-hybridized carbons (Fsp3) is 0. The van der Waals surface area contributed by atoms with E-state index in [0.29, 0.717) is 22.3 Å². The Labute approximate surface area is 280 Å². The van der Waals surface area contributed by atoms with Crippen molar-refractivity contribution in [2.45, 2.75) is 0 Å². The standard InChI is InChI=1S/C44H24N4O/c45-25-29-12-9-18-36-42-41-35-17-3-6-21-39(35)48(40(41)24-30(26-46)44(42)49-43(29)36)32-14-8-11-28(23-32)27-10-7-13-31(22-27)47-37-19-4-1-15-33(37)34-16-2-5-20-38(34)47/h1-24H. The number of benzene rings is 7. The topological polar surface area (TPSA) is 70.6 Å². The van der Waals surface area contributed by atoms with E-state index in [1.165, 1.54) is 21.8 Å². The highest BCUT2D eigenvalue weighted by molar-refractivity contribution is 6.28. The molecule has 226 valence electrons. The lowest BCUT2D eigenvalue weighted by Gasteiger charge is -2.13. The van der Waals surface area contributed by atoms with Crippen LogP contribution in [0.2, 0.25) is 0 Å². The fourth-order valence-corrected chi connectivity index (χ4v) is 7.72. The molecule has 0 spiro atoms. The molecular weight excluding hydrogens is 601 g/mol. The molecular formula is C44H24N4O. The summed E-state index contributed by atoms with van der Waals surface area (Å²) in [6, 6.07) is 54.8. The molecule has 10 aromatic rings. The Bertz CT molecular complexity index is 3030. The molecule has 0 atom stereocenters. The number of rotatable bonds is 3. The monoisotopic (exact) mass is 624 g/mol. The zero-order valence-electron chi connectivity index (χ0n) is 26.1. The average Bonchev–Trinajstić information content (AvgIpc) is 3.82. The minimum atomic E-state index is 0.432. The minimum absolute atomic E-state index is 0.432. The number of furan rings is 1. The Morgan fingerprint density at radius 2 is 0.918 bits per heavy atom. The lowest BCUT2D eigenvalue weighted by Crippen LogP contribution is -1.96. The van der Waals surface area contributed by atoms with Gasteiger partial charge in [-0.25, -0.2) is 0 Å². The first-order valence-electron chi connectivity index (χ1n) is 16.1. The first-order chi connectivity index (χ1) is 24.2. The van der Waals surface area contributed by atoms with Crippen molar-refractivity contribution in [3.8, 4) is 34.6 Å². The second-order valence-corrected chi connectivity index (χ2v) is 12.4. The van der Waals surface area contributed by atoms with Crippen molar-refractivity contribution in [3.63, 3.8) is 0 Å². The second kappa shape index (κ2) is 10.2. The predicted octanol–water partition coefficient (Wildman–Crippen LogP) is 11.2. The van der Waals surface area contributed by atoms with Crippen LogP contribution in [0.1, 0.15) is 11.1 Å². The Morgan fingerprint density at radius 3 is 1.53 bits per heavy atom. The zero-order chi connectivity index (χ0) is 32.6. The van der Waals surface area contributed by atoms with Crippen molar-refractivity contribution >= 4 is 65.6 Å². The molecule has 0 aliphatic heterocycles. The maximum atomic E-state index is 10.3. The van der Waals surface area contributed by atoms with E-state index in [1.807, 2.05) is 30.3 Å². The molecule has 10 rings (SSSR count). The molecule has 5 heteroatoms. The van der Waals surface area contributed by atoms with Crippen LogP contribution in [0.25, 0.3) is 88.1 Å². The highest BCUT2D eigenvalue weighted by Gasteiger charge is 2.23. The van der Waals surface area contributed by atoms with Gasteiger partial charge in [0.2, 0.25) is 0 Å². The highest BCUT2D eigenvalue weighted by Crippen LogP contribution is 2.43. The summed E-state index contributed by atoms with van der Waals surface area (Å²) in [5.74, 6) is 0. The minimum Gasteiger partial charge on any atom is -0.453 e. The van der Waals surface area contributed by atoms with Crippen LogP contribution in [0.5, 0.6) is 0 Å². The summed E-state index contributed by atoms with van der Waals surface area (Å²) in [7, 11) is 0. The summed E-state index contributed by atoms with van der Waals surface area (Å²) in [5, 5.41) is 26.4. The van der Waals surface area contributed by atoms with Crippen LogP contribution in [-0.2, 0) is 0 Å². The van der Waals surface area contributed by atoms with Crippen LogP contribution in [0, 0.1) is 22.7 Å². The van der Waals surface area contributed by atoms with Crippen molar-refractivity contribution in [1.82, 2.24) is 9.13 Å². The van der Waals surface area contributed by atoms with E-state index >= 15 is 0 Å². The molecule has 5 nitrogen and oxygen atoms in total. The van der Waals surface area contributed by atoms with Crippen molar-refractivity contribution in [1.29, 1.82) is 10.5 Å². The van der Waals surface area contributed by atoms with Gasteiger partial charge in [-0.2, -0.15) is 10.5 Å². The summed E-state index contributed by atoms with van der Waals surface area (Å²) < 4.78 is 10.9. The zero-order valence-corrected chi connectivity index (χ0v) is 26.1. The van der Waals surface area contributed by atoms with Gasteiger partial charge in [-0.05, 0) is 65.7 Å². The molecule has 0 unspecified atom stereocenters. The fourth-order valence-electron chi connectivity index (χ4n) is 7.72. The van der Waals surface area contributed by atoms with Crippen LogP contribution >= 0.6 is 0 Å². The Kier molecular flexibility index (Phi) is 5.64. The molecule has 0 radical (unpaired) electrons. The largest absolute Gasteiger partial charge is 0.453 e. The third-order valence-electron chi connectivity index (χ3n) is 9.77. The lowest BCUT2D eigenvalue weighted by atomic mass is 10.0. The maximum absolute atomic E-state index is 10.3. The number of aromatic nitrogens is 2. The predicted molar refractivity (Wildman–Crippen MR) is 197 cm³/mol. The van der Waals surface area contributed by atoms with Crippen molar-refractivity contribution in [2.75, 3.05) is 0 Å². The van der Waals surface area contributed by atoms with Gasteiger partial charge in [0, 0.05) is 43.7 Å². The van der Waals surface area contributed by atoms with E-state index in [0.717, 1.165) is 55.1 Å². The summed E-state index contributed by atoms with van der Waals surface area (Å²) in [5.41, 5.74) is 10.4. The van der Waals surface area contributed by atoms with E-state index in [2.05, 4.69) is 130 Å². The second-order valence-electron chi connectivity index (χ2n) is 12.4. The number of hydrogen-bond donors (Lipinski definition) is 0. The summed E-state index contributed by atoms with van der Waals surface area (Å²) >= 11 is 0. The SMILES string of the molecule is N#Cc1cccc2c1oc1c(C#N)cc3c(c4ccccc4n3-c3cccc(-c4cccc(-n5c6ccccc6c6ccccc65)c4)c3)c12. The summed E-state index contributed by atoms with van der Waals surface area (Å²) in [6.07, 6.45) is 0. The van der Waals surface area contributed by atoms with Crippen molar-refractivity contribution < 1.29 is 4.42 Å². The van der Waals surface area contributed by atoms with E-state index < -0.39 is 0 Å². The van der Waals surface area contributed by atoms with Crippen LogP contribution < -0.4 is 0 Å². The van der Waals surface area contributed by atoms with Gasteiger partial charge in [-0.3, -0.25) is 0 Å². The molecule has 0 fully saturated rings. The van der Waals surface area contributed by atoms with E-state index in [1.54, 1.807) is 6.07 Å². The van der Waals surface area contributed by atoms with Crippen LogP contribution in [0.4, 0.5) is 0 Å². The molecule has 7 aromatic carbocycles. The smallest absolute Gasteiger partial charge is 0.154 e. The third kappa shape index (κ3) is 3.79. The molecule has 0 bridgehead atoms. The molecule has 3 heterocycles. The number of nitriles is 2. The lowest BCUT2D eigenvalue weighted by molar-refractivity contribution is 0.666. The summed E-state index contributed by atoms with van der Waals surface area (Å²) in [6.45, 7) is 0. The van der Waals surface area contributed by atoms with Gasteiger partial charge >= 0.3 is 0 Å². The number of nitrogens with zero attached hydrogens (tertiary/aromatic N) is 4. The van der Waals surface area contributed by atoms with Gasteiger partial charge in [0.05, 0.1) is 33.2 Å². The number of para-hydroxylation sites is 4. The highest BCUT2D eigenvalue weighted by atomic mass is 16.3. The van der Waals surface area contributed by atoms with Gasteiger partial charge in [0.15, 0.2) is 11.2 Å². The number of fused-ring (bicyclic) bond motifs is 10. The van der Waals surface area contributed by atoms with Crippen LogP contribution in [-0.4, -0.2) is 9.13 Å². The molecule has 0 amide bonds. The van der Waals surface area contributed by atoms with Crippen LogP contribution in [0.3, 0.4) is 0 Å². The molecule has 49 heavy (non-hydrogen) atoms.